The number of β-lactam (4-membered cyclic amide) rings is 1. The molecule has 0 spiro atoms. The predicted molar refractivity (Wildman–Crippen MR) is 136 cm³/mol. The number of thioether (sulfide) groups is 1. The maximum atomic E-state index is 13.4. The van der Waals surface area contributed by atoms with Gasteiger partial charge in [0.2, 0.25) is 11.8 Å². The Bertz CT molecular complexity index is 1180. The lowest BCUT2D eigenvalue weighted by atomic mass is 9.98. The largest absolute Gasteiger partial charge is 0.451 e. The molecule has 36 heavy (non-hydrogen) atoms. The van der Waals surface area contributed by atoms with Gasteiger partial charge >= 0.3 is 5.97 Å². The quantitative estimate of drug-likeness (QED) is 0.381. The topological polar surface area (TPSA) is 95.9 Å². The number of amides is 2. The number of rotatable bonds is 7. The molecule has 3 unspecified atom stereocenters. The molecule has 2 N–H and O–H groups in total. The lowest BCUT2D eigenvalue weighted by Gasteiger charge is -2.53. The van der Waals surface area contributed by atoms with Gasteiger partial charge in [-0.15, -0.1) is 11.8 Å². The molecule has 2 fully saturated rings. The van der Waals surface area contributed by atoms with Gasteiger partial charge in [0.05, 0.1) is 12.5 Å². The number of esters is 1. The fourth-order valence-corrected chi connectivity index (χ4v) is 5.96. The van der Waals surface area contributed by atoms with Crippen LogP contribution in [0.4, 0.5) is 0 Å². The first-order valence-corrected chi connectivity index (χ1v) is 12.8. The van der Waals surface area contributed by atoms with E-state index in [-0.39, 0.29) is 18.1 Å². The minimum atomic E-state index is -1.14. The zero-order valence-electron chi connectivity index (χ0n) is 19.4. The molecular weight excluding hydrogens is 476 g/mol. The molecule has 7 nitrogen and oxygen atoms in total. The molecular formula is C28H26N2O5S. The van der Waals surface area contributed by atoms with Crippen molar-refractivity contribution < 1.29 is 24.2 Å². The zero-order chi connectivity index (χ0) is 25.1. The number of carbonyl (C=O) groups excluding carboxylic acids is 3. The number of aliphatic hydroxyl groups excluding tert-OH is 1. The van der Waals surface area contributed by atoms with Gasteiger partial charge in [0.25, 0.3) is 0 Å². The van der Waals surface area contributed by atoms with Crippen LogP contribution in [0.5, 0.6) is 0 Å². The standard InChI is InChI=1S/C28H26N2O5S/c31-21-17-36-27-23(29-22(32)16-18-10-4-1-5-11-18)26(33)30(27)24(21)28(34)35-25(19-12-6-2-7-13-19)20-14-8-3-9-15-20/h1-15,21,23-25,27,31H,16-17H2,(H,29,32)/t21?,23-,24?,27?/m1/s1. The van der Waals surface area contributed by atoms with E-state index >= 15 is 0 Å². The third kappa shape index (κ3) is 4.87. The van der Waals surface area contributed by atoms with Gasteiger partial charge in [-0.05, 0) is 16.7 Å². The van der Waals surface area contributed by atoms with Gasteiger partial charge in [0.1, 0.15) is 11.4 Å². The number of aliphatic hydroxyl groups is 1. The van der Waals surface area contributed by atoms with Crippen molar-refractivity contribution in [1.29, 1.82) is 0 Å². The van der Waals surface area contributed by atoms with Crippen molar-refractivity contribution >= 4 is 29.5 Å². The van der Waals surface area contributed by atoms with Crippen molar-refractivity contribution in [2.45, 2.75) is 36.1 Å². The fraction of sp³-hybridized carbons (Fsp3) is 0.250. The highest BCUT2D eigenvalue weighted by atomic mass is 32.2. The highest BCUT2D eigenvalue weighted by Crippen LogP contribution is 2.39. The third-order valence-corrected chi connectivity index (χ3v) is 7.76. The Hall–Kier alpha value is -3.62. The fourth-order valence-electron chi connectivity index (χ4n) is 4.61. The Morgan fingerprint density at radius 3 is 2.08 bits per heavy atom. The highest BCUT2D eigenvalue weighted by molar-refractivity contribution is 8.00. The van der Waals surface area contributed by atoms with E-state index in [1.807, 2.05) is 91.0 Å². The average Bonchev–Trinajstić information content (AvgIpc) is 2.91. The second-order valence-corrected chi connectivity index (χ2v) is 9.98. The first-order chi connectivity index (χ1) is 17.5. The zero-order valence-corrected chi connectivity index (χ0v) is 20.2. The maximum Gasteiger partial charge on any atom is 0.332 e. The second-order valence-electron chi connectivity index (χ2n) is 8.83. The summed E-state index contributed by atoms with van der Waals surface area (Å²) >= 11 is 1.35. The molecule has 0 aromatic heterocycles. The van der Waals surface area contributed by atoms with Crippen LogP contribution >= 0.6 is 11.8 Å². The molecule has 0 radical (unpaired) electrons. The number of hydrogen-bond donors (Lipinski definition) is 2. The molecule has 5 rings (SSSR count). The van der Waals surface area contributed by atoms with E-state index in [0.717, 1.165) is 16.7 Å². The van der Waals surface area contributed by atoms with Crippen LogP contribution in [0.25, 0.3) is 0 Å². The van der Waals surface area contributed by atoms with Gasteiger partial charge < -0.3 is 20.1 Å². The molecule has 2 aliphatic heterocycles. The minimum absolute atomic E-state index is 0.159. The van der Waals surface area contributed by atoms with Gasteiger partial charge in [-0.1, -0.05) is 91.0 Å². The molecule has 3 aromatic carbocycles. The van der Waals surface area contributed by atoms with Crippen molar-refractivity contribution in [3.05, 3.63) is 108 Å². The van der Waals surface area contributed by atoms with Crippen molar-refractivity contribution in [2.24, 2.45) is 0 Å². The summed E-state index contributed by atoms with van der Waals surface area (Å²) in [5, 5.41) is 13.0. The summed E-state index contributed by atoms with van der Waals surface area (Å²) in [4.78, 5) is 40.3. The molecule has 2 aliphatic rings. The van der Waals surface area contributed by atoms with E-state index in [4.69, 9.17) is 4.74 Å². The van der Waals surface area contributed by atoms with E-state index in [0.29, 0.717) is 0 Å². The molecule has 2 saturated heterocycles. The van der Waals surface area contributed by atoms with Crippen LogP contribution in [-0.2, 0) is 25.5 Å². The van der Waals surface area contributed by atoms with E-state index in [9.17, 15) is 19.5 Å². The molecule has 0 aliphatic carbocycles. The molecule has 8 heteroatoms. The van der Waals surface area contributed by atoms with E-state index < -0.39 is 41.5 Å². The van der Waals surface area contributed by atoms with Crippen LogP contribution in [0.3, 0.4) is 0 Å². The van der Waals surface area contributed by atoms with Crippen molar-refractivity contribution in [3.8, 4) is 0 Å². The average molecular weight is 503 g/mol. The Labute approximate surface area is 213 Å². The molecule has 0 saturated carbocycles. The molecule has 2 heterocycles. The summed E-state index contributed by atoms with van der Waals surface area (Å²) in [7, 11) is 0. The molecule has 0 bridgehead atoms. The first-order valence-electron chi connectivity index (χ1n) is 11.8. The summed E-state index contributed by atoms with van der Waals surface area (Å²) in [6.07, 6.45) is -1.60. The second kappa shape index (κ2) is 10.6. The monoisotopic (exact) mass is 502 g/mol. The third-order valence-electron chi connectivity index (χ3n) is 6.39. The number of benzene rings is 3. The smallest absolute Gasteiger partial charge is 0.332 e. The van der Waals surface area contributed by atoms with Gasteiger partial charge in [0, 0.05) is 5.75 Å². The number of ether oxygens (including phenoxy) is 1. The number of nitrogens with zero attached hydrogens (tertiary/aromatic N) is 1. The number of carbonyl (C=O) groups is 3. The molecule has 2 amide bonds. The van der Waals surface area contributed by atoms with Crippen LogP contribution in [-0.4, -0.2) is 57.1 Å². The van der Waals surface area contributed by atoms with Crippen LogP contribution in [0.15, 0.2) is 91.0 Å². The summed E-state index contributed by atoms with van der Waals surface area (Å²) in [5.74, 6) is -1.09. The minimum Gasteiger partial charge on any atom is -0.451 e. The lowest BCUT2D eigenvalue weighted by molar-refractivity contribution is -0.173. The SMILES string of the molecule is O=C(Cc1ccccc1)N[C@@H]1C(=O)N2C(C(=O)OC(c3ccccc3)c3ccccc3)C(O)CSC12. The van der Waals surface area contributed by atoms with Crippen LogP contribution in [0.2, 0.25) is 0 Å². The Balaban J connectivity index is 1.30. The van der Waals surface area contributed by atoms with Crippen molar-refractivity contribution in [2.75, 3.05) is 5.75 Å². The van der Waals surface area contributed by atoms with Crippen molar-refractivity contribution in [3.63, 3.8) is 0 Å². The van der Waals surface area contributed by atoms with Gasteiger partial charge in [-0.3, -0.25) is 9.59 Å². The molecule has 4 atom stereocenters. The summed E-state index contributed by atoms with van der Waals surface area (Å²) in [5.41, 5.74) is 2.42. The summed E-state index contributed by atoms with van der Waals surface area (Å²) in [6, 6.07) is 26.1. The Kier molecular flexibility index (Phi) is 7.06. The van der Waals surface area contributed by atoms with Crippen LogP contribution in [0.1, 0.15) is 22.8 Å². The van der Waals surface area contributed by atoms with E-state index in [1.165, 1.54) is 16.7 Å². The van der Waals surface area contributed by atoms with Crippen LogP contribution < -0.4 is 5.32 Å². The Morgan fingerprint density at radius 1 is 0.944 bits per heavy atom. The molecule has 184 valence electrons. The van der Waals surface area contributed by atoms with E-state index in [2.05, 4.69) is 5.32 Å². The summed E-state index contributed by atoms with van der Waals surface area (Å²) in [6.45, 7) is 0. The highest BCUT2D eigenvalue weighted by Gasteiger charge is 2.58. The van der Waals surface area contributed by atoms with Crippen molar-refractivity contribution in [1.82, 2.24) is 10.2 Å². The molecule has 3 aromatic rings. The summed E-state index contributed by atoms with van der Waals surface area (Å²) < 4.78 is 5.94. The van der Waals surface area contributed by atoms with Gasteiger partial charge in [0.15, 0.2) is 12.1 Å². The lowest BCUT2D eigenvalue weighted by Crippen LogP contribution is -2.76. The number of fused-ring (bicyclic) bond motifs is 1. The maximum absolute atomic E-state index is 13.4. The van der Waals surface area contributed by atoms with Gasteiger partial charge in [-0.2, -0.15) is 0 Å². The Morgan fingerprint density at radius 2 is 1.50 bits per heavy atom. The van der Waals surface area contributed by atoms with Crippen LogP contribution in [0, 0.1) is 0 Å². The number of hydrogen-bond acceptors (Lipinski definition) is 6. The van der Waals surface area contributed by atoms with Gasteiger partial charge in [-0.25, -0.2) is 4.79 Å². The first kappa shape index (κ1) is 24.1. The predicted octanol–water partition coefficient (Wildman–Crippen LogP) is 2.69. The number of nitrogens with one attached hydrogen (secondary N) is 1. The van der Waals surface area contributed by atoms with E-state index in [1.54, 1.807) is 0 Å². The normalized spacial score (nSPS) is 22.9.